The van der Waals surface area contributed by atoms with E-state index in [1.165, 1.54) is 6.07 Å². The second-order valence-electron chi connectivity index (χ2n) is 2.36. The molecule has 1 aromatic carbocycles. The summed E-state index contributed by atoms with van der Waals surface area (Å²) < 4.78 is 0.843. The van der Waals surface area contributed by atoms with Crippen LogP contribution in [0.4, 0.5) is 5.69 Å². The van der Waals surface area contributed by atoms with Crippen LogP contribution in [0.2, 0.25) is 5.02 Å². The third kappa shape index (κ3) is 2.29. The van der Waals surface area contributed by atoms with E-state index in [9.17, 15) is 10.1 Å². The number of halogens is 2. The maximum Gasteiger partial charge on any atom is 0.288 e. The Kier molecular flexibility index (Phi) is 3.46. The Balaban J connectivity index is 3.30. The van der Waals surface area contributed by atoms with E-state index < -0.39 is 4.92 Å². The molecular formula is C7H6ClIN2O2. The summed E-state index contributed by atoms with van der Waals surface area (Å²) in [5.74, 6) is 0. The molecule has 1 rings (SSSR count). The van der Waals surface area contributed by atoms with Crippen LogP contribution in [0.3, 0.4) is 0 Å². The van der Waals surface area contributed by atoms with Crippen molar-refractivity contribution < 1.29 is 4.92 Å². The Bertz CT molecular complexity index is 357. The molecule has 0 saturated heterocycles. The average Bonchev–Trinajstić information content (AvgIpc) is 2.03. The minimum Gasteiger partial charge on any atom is -0.326 e. The lowest BCUT2D eigenvalue weighted by atomic mass is 10.2. The number of hydrogen-bond donors (Lipinski definition) is 1. The van der Waals surface area contributed by atoms with Crippen LogP contribution in [0.25, 0.3) is 0 Å². The van der Waals surface area contributed by atoms with E-state index in [0.717, 1.165) is 9.13 Å². The van der Waals surface area contributed by atoms with Crippen LogP contribution in [0.15, 0.2) is 12.1 Å². The van der Waals surface area contributed by atoms with Crippen LogP contribution < -0.4 is 5.73 Å². The van der Waals surface area contributed by atoms with Gasteiger partial charge < -0.3 is 5.73 Å². The molecule has 13 heavy (non-hydrogen) atoms. The van der Waals surface area contributed by atoms with Gasteiger partial charge in [0.15, 0.2) is 0 Å². The van der Waals surface area contributed by atoms with Gasteiger partial charge in [-0.2, -0.15) is 0 Å². The highest BCUT2D eigenvalue weighted by Crippen LogP contribution is 2.28. The number of benzene rings is 1. The third-order valence-electron chi connectivity index (χ3n) is 1.53. The first-order valence-electron chi connectivity index (χ1n) is 3.38. The van der Waals surface area contributed by atoms with Crippen molar-refractivity contribution in [3.05, 3.63) is 36.4 Å². The van der Waals surface area contributed by atoms with Gasteiger partial charge in [-0.25, -0.2) is 0 Å². The van der Waals surface area contributed by atoms with E-state index in [-0.39, 0.29) is 17.3 Å². The number of nitrogens with zero attached hydrogens (tertiary/aromatic N) is 1. The first-order valence-corrected chi connectivity index (χ1v) is 4.84. The molecule has 0 aliphatic heterocycles. The van der Waals surface area contributed by atoms with E-state index in [4.69, 9.17) is 17.3 Å². The van der Waals surface area contributed by atoms with E-state index in [2.05, 4.69) is 0 Å². The normalized spacial score (nSPS) is 10.1. The van der Waals surface area contributed by atoms with Crippen LogP contribution in [0.5, 0.6) is 0 Å². The van der Waals surface area contributed by atoms with Crippen molar-refractivity contribution >= 4 is 39.9 Å². The quantitative estimate of drug-likeness (QED) is 0.517. The number of nitro benzene ring substituents is 1. The van der Waals surface area contributed by atoms with Gasteiger partial charge >= 0.3 is 0 Å². The van der Waals surface area contributed by atoms with Gasteiger partial charge in [-0.1, -0.05) is 11.6 Å². The fourth-order valence-electron chi connectivity index (χ4n) is 0.877. The summed E-state index contributed by atoms with van der Waals surface area (Å²) in [7, 11) is 0. The molecule has 0 spiro atoms. The van der Waals surface area contributed by atoms with Gasteiger partial charge in [-0.3, -0.25) is 10.1 Å². The van der Waals surface area contributed by atoms with Gasteiger partial charge in [0, 0.05) is 16.2 Å². The average molecular weight is 312 g/mol. The highest BCUT2D eigenvalue weighted by Gasteiger charge is 2.14. The fourth-order valence-corrected chi connectivity index (χ4v) is 1.98. The first-order chi connectivity index (χ1) is 6.06. The lowest BCUT2D eigenvalue weighted by molar-refractivity contribution is -0.384. The van der Waals surface area contributed by atoms with Gasteiger partial charge in [-0.05, 0) is 34.2 Å². The zero-order valence-corrected chi connectivity index (χ0v) is 9.37. The lowest BCUT2D eigenvalue weighted by Gasteiger charge is -2.02. The van der Waals surface area contributed by atoms with Crippen molar-refractivity contribution in [3.63, 3.8) is 0 Å². The molecule has 0 aliphatic carbocycles. The van der Waals surface area contributed by atoms with Crippen molar-refractivity contribution in [3.8, 4) is 0 Å². The van der Waals surface area contributed by atoms with Gasteiger partial charge in [0.2, 0.25) is 0 Å². The summed E-state index contributed by atoms with van der Waals surface area (Å²) in [5.41, 5.74) is 6.04. The van der Waals surface area contributed by atoms with Crippen molar-refractivity contribution in [2.45, 2.75) is 6.54 Å². The molecule has 4 nitrogen and oxygen atoms in total. The molecule has 1 aromatic rings. The molecule has 2 N–H and O–H groups in total. The Morgan fingerprint density at radius 1 is 1.62 bits per heavy atom. The zero-order valence-electron chi connectivity index (χ0n) is 6.46. The maximum atomic E-state index is 10.5. The van der Waals surface area contributed by atoms with Crippen LogP contribution in [-0.4, -0.2) is 4.92 Å². The highest BCUT2D eigenvalue weighted by atomic mass is 127. The fraction of sp³-hybridized carbons (Fsp3) is 0.143. The Morgan fingerprint density at radius 2 is 2.23 bits per heavy atom. The van der Waals surface area contributed by atoms with Crippen molar-refractivity contribution in [1.29, 1.82) is 0 Å². The topological polar surface area (TPSA) is 69.2 Å². The molecular weight excluding hydrogens is 306 g/mol. The summed E-state index contributed by atoms with van der Waals surface area (Å²) in [6, 6.07) is 2.95. The summed E-state index contributed by atoms with van der Waals surface area (Å²) >= 11 is 7.71. The smallest absolute Gasteiger partial charge is 0.288 e. The number of hydrogen-bond acceptors (Lipinski definition) is 3. The van der Waals surface area contributed by atoms with Gasteiger partial charge in [0.1, 0.15) is 5.02 Å². The molecule has 0 atom stereocenters. The molecule has 0 bridgehead atoms. The van der Waals surface area contributed by atoms with Crippen LogP contribution in [-0.2, 0) is 6.54 Å². The number of rotatable bonds is 2. The van der Waals surface area contributed by atoms with Crippen molar-refractivity contribution in [1.82, 2.24) is 0 Å². The van der Waals surface area contributed by atoms with E-state index in [1.807, 2.05) is 22.6 Å². The van der Waals surface area contributed by atoms with Crippen molar-refractivity contribution in [2.24, 2.45) is 5.73 Å². The summed E-state index contributed by atoms with van der Waals surface area (Å²) in [6.07, 6.45) is 0. The molecule has 6 heteroatoms. The van der Waals surface area contributed by atoms with Gasteiger partial charge in [0.05, 0.1) is 4.92 Å². The Morgan fingerprint density at radius 3 is 2.69 bits per heavy atom. The van der Waals surface area contributed by atoms with Gasteiger partial charge in [-0.15, -0.1) is 0 Å². The molecule has 0 saturated carbocycles. The SMILES string of the molecule is NCc1cc([N+](=O)[O-])c(Cl)cc1I. The molecule has 0 unspecified atom stereocenters. The summed E-state index contributed by atoms with van der Waals surface area (Å²) in [5, 5.41) is 10.6. The molecule has 0 heterocycles. The molecule has 70 valence electrons. The second kappa shape index (κ2) is 4.21. The lowest BCUT2D eigenvalue weighted by Crippen LogP contribution is -2.01. The third-order valence-corrected chi connectivity index (χ3v) is 2.84. The largest absolute Gasteiger partial charge is 0.326 e. The van der Waals surface area contributed by atoms with Crippen LogP contribution in [0.1, 0.15) is 5.56 Å². The summed E-state index contributed by atoms with van der Waals surface area (Å²) in [4.78, 5) is 9.96. The maximum absolute atomic E-state index is 10.5. The summed E-state index contributed by atoms with van der Waals surface area (Å²) in [6.45, 7) is 0.274. The monoisotopic (exact) mass is 312 g/mol. The zero-order chi connectivity index (χ0) is 10.0. The number of nitrogens with two attached hydrogens (primary N) is 1. The predicted molar refractivity (Wildman–Crippen MR) is 58.7 cm³/mol. The minimum absolute atomic E-state index is 0.0949. The molecule has 0 amide bonds. The standard InChI is InChI=1S/C7H6ClIN2O2/c8-5-2-6(9)4(3-10)1-7(5)11(12)13/h1-2H,3,10H2. The number of nitro groups is 1. The highest BCUT2D eigenvalue weighted by molar-refractivity contribution is 14.1. The van der Waals surface area contributed by atoms with E-state index in [0.29, 0.717) is 0 Å². The van der Waals surface area contributed by atoms with E-state index >= 15 is 0 Å². The van der Waals surface area contributed by atoms with Crippen molar-refractivity contribution in [2.75, 3.05) is 0 Å². The van der Waals surface area contributed by atoms with E-state index in [1.54, 1.807) is 6.07 Å². The minimum atomic E-state index is -0.516. The molecule has 0 fully saturated rings. The van der Waals surface area contributed by atoms with Gasteiger partial charge in [0.25, 0.3) is 5.69 Å². The first kappa shape index (κ1) is 10.7. The Hall–Kier alpha value is -0.400. The van der Waals surface area contributed by atoms with Crippen LogP contribution in [0, 0.1) is 13.7 Å². The molecule has 0 aromatic heterocycles. The second-order valence-corrected chi connectivity index (χ2v) is 3.93. The molecule has 0 radical (unpaired) electrons. The predicted octanol–water partition coefficient (Wildman–Crippen LogP) is 2.31. The molecule has 0 aliphatic rings. The Labute approximate surface area is 93.4 Å². The van der Waals surface area contributed by atoms with Crippen LogP contribution >= 0.6 is 34.2 Å².